The largest absolute Gasteiger partial charge is 0.147 e. The van der Waals surface area contributed by atoms with Gasteiger partial charge < -0.3 is 0 Å². The number of hydrogen-bond acceptors (Lipinski definition) is 0. The molecule has 0 aromatic rings. The molecule has 0 fully saturated rings. The SMILES string of the molecule is CC(C)(C)P(C(C)(C)C)C(C)(C)C.Cl. The lowest BCUT2D eigenvalue weighted by Crippen LogP contribution is -2.34. The molecule has 14 heavy (non-hydrogen) atoms. The zero-order chi connectivity index (χ0) is 11.1. The maximum absolute atomic E-state index is 2.38. The topological polar surface area (TPSA) is 0 Å². The van der Waals surface area contributed by atoms with Gasteiger partial charge >= 0.3 is 0 Å². The minimum atomic E-state index is 0. The molecule has 88 valence electrons. The number of halogens is 1. The minimum Gasteiger partial charge on any atom is -0.147 e. The van der Waals surface area contributed by atoms with Crippen LogP contribution in [0.4, 0.5) is 0 Å². The van der Waals surface area contributed by atoms with E-state index < -0.39 is 0 Å². The predicted octanol–water partition coefficient (Wildman–Crippen LogP) is 5.29. The molecule has 0 N–H and O–H groups in total. The summed E-state index contributed by atoms with van der Waals surface area (Å²) < 4.78 is 0. The van der Waals surface area contributed by atoms with Crippen LogP contribution >= 0.6 is 20.3 Å². The Morgan fingerprint density at radius 2 is 0.643 bits per heavy atom. The third-order valence-electron chi connectivity index (χ3n) is 2.01. The first kappa shape index (κ1) is 17.1. The van der Waals surface area contributed by atoms with Gasteiger partial charge in [0.05, 0.1) is 0 Å². The van der Waals surface area contributed by atoms with Gasteiger partial charge in [0.1, 0.15) is 0 Å². The average molecular weight is 239 g/mol. The second-order valence-corrected chi connectivity index (χ2v) is 11.5. The van der Waals surface area contributed by atoms with E-state index in [-0.39, 0.29) is 20.3 Å². The highest BCUT2D eigenvalue weighted by Crippen LogP contribution is 2.66. The van der Waals surface area contributed by atoms with Gasteiger partial charge in [0.25, 0.3) is 0 Å². The van der Waals surface area contributed by atoms with E-state index in [4.69, 9.17) is 0 Å². The van der Waals surface area contributed by atoms with Gasteiger partial charge in [0.15, 0.2) is 0 Å². The van der Waals surface area contributed by atoms with Gasteiger partial charge in [0.2, 0.25) is 0 Å². The Balaban J connectivity index is 0. The molecule has 0 radical (unpaired) electrons. The van der Waals surface area contributed by atoms with Crippen molar-refractivity contribution in [3.63, 3.8) is 0 Å². The summed E-state index contributed by atoms with van der Waals surface area (Å²) in [5.74, 6) is 0. The smallest absolute Gasteiger partial charge is 0.0170 e. The lowest BCUT2D eigenvalue weighted by atomic mass is 10.2. The summed E-state index contributed by atoms with van der Waals surface area (Å²) in [4.78, 5) is 0. The fourth-order valence-corrected chi connectivity index (χ4v) is 9.06. The molecule has 0 bridgehead atoms. The van der Waals surface area contributed by atoms with Crippen LogP contribution in [0.15, 0.2) is 0 Å². The maximum Gasteiger partial charge on any atom is -0.0170 e. The van der Waals surface area contributed by atoms with Crippen molar-refractivity contribution >= 4 is 20.3 Å². The highest BCUT2D eigenvalue weighted by Gasteiger charge is 2.41. The Morgan fingerprint density at radius 1 is 0.500 bits per heavy atom. The summed E-state index contributed by atoms with van der Waals surface area (Å²) in [5.41, 5.74) is 0. The lowest BCUT2D eigenvalue weighted by molar-refractivity contribution is 0.644. The van der Waals surface area contributed by atoms with Crippen molar-refractivity contribution in [2.45, 2.75) is 77.8 Å². The van der Waals surface area contributed by atoms with Crippen LogP contribution in [0.2, 0.25) is 0 Å². The van der Waals surface area contributed by atoms with Crippen LogP contribution in [0, 0.1) is 0 Å². The Morgan fingerprint density at radius 3 is 0.643 bits per heavy atom. The van der Waals surface area contributed by atoms with E-state index in [1.807, 2.05) is 0 Å². The van der Waals surface area contributed by atoms with Crippen LogP contribution in [0.1, 0.15) is 62.3 Å². The zero-order valence-electron chi connectivity index (χ0n) is 11.4. The number of hydrogen-bond donors (Lipinski definition) is 0. The highest BCUT2D eigenvalue weighted by molar-refractivity contribution is 7.62. The highest BCUT2D eigenvalue weighted by atomic mass is 35.5. The molecule has 0 spiro atoms. The molecule has 0 saturated heterocycles. The Kier molecular flexibility index (Phi) is 5.76. The van der Waals surface area contributed by atoms with Crippen molar-refractivity contribution < 1.29 is 0 Å². The van der Waals surface area contributed by atoms with Crippen LogP contribution in [-0.4, -0.2) is 15.5 Å². The lowest BCUT2D eigenvalue weighted by Gasteiger charge is -2.49. The molecule has 0 aliphatic rings. The van der Waals surface area contributed by atoms with Crippen molar-refractivity contribution in [2.75, 3.05) is 0 Å². The molecular weight excluding hydrogens is 211 g/mol. The summed E-state index contributed by atoms with van der Waals surface area (Å²) >= 11 is 0. The fourth-order valence-electron chi connectivity index (χ4n) is 3.02. The van der Waals surface area contributed by atoms with Gasteiger partial charge in [-0.3, -0.25) is 0 Å². The number of rotatable bonds is 0. The van der Waals surface area contributed by atoms with E-state index in [1.54, 1.807) is 0 Å². The van der Waals surface area contributed by atoms with Crippen LogP contribution in [0.3, 0.4) is 0 Å². The van der Waals surface area contributed by atoms with Crippen LogP contribution in [-0.2, 0) is 0 Å². The van der Waals surface area contributed by atoms with Gasteiger partial charge in [-0.05, 0) is 15.5 Å². The zero-order valence-corrected chi connectivity index (χ0v) is 13.1. The fraction of sp³-hybridized carbons (Fsp3) is 1.00. The summed E-state index contributed by atoms with van der Waals surface area (Å²) in [7, 11) is 0.0162. The van der Waals surface area contributed by atoms with Crippen molar-refractivity contribution in [1.29, 1.82) is 0 Å². The first-order valence-electron chi connectivity index (χ1n) is 5.17. The first-order chi connectivity index (χ1) is 5.37. The monoisotopic (exact) mass is 238 g/mol. The Bertz CT molecular complexity index is 133. The van der Waals surface area contributed by atoms with E-state index in [1.165, 1.54) is 0 Å². The van der Waals surface area contributed by atoms with E-state index in [0.717, 1.165) is 0 Å². The van der Waals surface area contributed by atoms with Crippen LogP contribution < -0.4 is 0 Å². The van der Waals surface area contributed by atoms with Crippen LogP contribution in [0.5, 0.6) is 0 Å². The van der Waals surface area contributed by atoms with E-state index >= 15 is 0 Å². The quantitative estimate of drug-likeness (QED) is 0.504. The Labute approximate surface area is 98.4 Å². The summed E-state index contributed by atoms with van der Waals surface area (Å²) in [6.07, 6.45) is 0. The van der Waals surface area contributed by atoms with Crippen molar-refractivity contribution in [2.24, 2.45) is 0 Å². The molecule has 0 rings (SSSR count). The van der Waals surface area contributed by atoms with E-state index in [0.29, 0.717) is 15.5 Å². The molecule has 0 amide bonds. The van der Waals surface area contributed by atoms with E-state index in [9.17, 15) is 0 Å². The third kappa shape index (κ3) is 4.99. The molecule has 0 aliphatic heterocycles. The van der Waals surface area contributed by atoms with Crippen LogP contribution in [0.25, 0.3) is 0 Å². The molecule has 0 nitrogen and oxygen atoms in total. The second kappa shape index (κ2) is 4.71. The summed E-state index contributed by atoms with van der Waals surface area (Å²) in [5, 5.41) is 1.35. The van der Waals surface area contributed by atoms with Crippen molar-refractivity contribution in [1.82, 2.24) is 0 Å². The Hall–Kier alpha value is 0.720. The molecular formula is C12H28ClP. The average Bonchev–Trinajstić information content (AvgIpc) is 1.44. The molecule has 0 aromatic carbocycles. The second-order valence-electron chi connectivity index (χ2n) is 6.85. The minimum absolute atomic E-state index is 0. The van der Waals surface area contributed by atoms with Gasteiger partial charge in [0, 0.05) is 0 Å². The standard InChI is InChI=1S/C12H27P.ClH/c1-10(2,3)13(11(4,5)6)12(7,8)9;/h1-9H3;1H. The first-order valence-corrected chi connectivity index (χ1v) is 6.51. The molecule has 0 atom stereocenters. The predicted molar refractivity (Wildman–Crippen MR) is 73.4 cm³/mol. The molecule has 0 unspecified atom stereocenters. The summed E-state index contributed by atoms with van der Waals surface area (Å²) in [6, 6.07) is 0. The molecule has 0 heterocycles. The van der Waals surface area contributed by atoms with Crippen molar-refractivity contribution in [3.05, 3.63) is 0 Å². The third-order valence-corrected chi connectivity index (χ3v) is 6.04. The molecule has 2 heteroatoms. The van der Waals surface area contributed by atoms with Gasteiger partial charge in [-0.1, -0.05) is 70.2 Å². The van der Waals surface area contributed by atoms with Gasteiger partial charge in [-0.2, -0.15) is 0 Å². The van der Waals surface area contributed by atoms with E-state index in [2.05, 4.69) is 62.3 Å². The van der Waals surface area contributed by atoms with Gasteiger partial charge in [-0.15, -0.1) is 12.4 Å². The normalized spacial score (nSPS) is 14.1. The van der Waals surface area contributed by atoms with Gasteiger partial charge in [-0.25, -0.2) is 0 Å². The maximum atomic E-state index is 2.38. The molecule has 0 saturated carbocycles. The summed E-state index contributed by atoms with van der Waals surface area (Å²) in [6.45, 7) is 21.5. The molecule has 0 aromatic heterocycles. The molecule has 0 aliphatic carbocycles. The van der Waals surface area contributed by atoms with Crippen molar-refractivity contribution in [3.8, 4) is 0 Å².